The van der Waals surface area contributed by atoms with Gasteiger partial charge in [-0.25, -0.2) is 13.4 Å². The SMILES string of the molecule is CCNC(=NCc1ccc(S(C)(=O)=O)c(C)c1)NCCCN(CC)c1ccccc1.I. The zero-order valence-corrected chi connectivity index (χ0v) is 22.0. The molecule has 6 nitrogen and oxygen atoms in total. The van der Waals surface area contributed by atoms with Gasteiger partial charge in [-0.15, -0.1) is 24.0 Å². The number of para-hydroxylation sites is 1. The highest BCUT2D eigenvalue weighted by atomic mass is 127. The van der Waals surface area contributed by atoms with Crippen LogP contribution in [0.2, 0.25) is 0 Å². The fourth-order valence-corrected chi connectivity index (χ4v) is 4.28. The van der Waals surface area contributed by atoms with Crippen molar-refractivity contribution in [2.45, 2.75) is 38.6 Å². The second-order valence-corrected chi connectivity index (χ2v) is 9.25. The minimum atomic E-state index is -3.20. The van der Waals surface area contributed by atoms with E-state index >= 15 is 0 Å². The number of guanidine groups is 1. The number of aryl methyl sites for hydroxylation is 1. The molecule has 0 atom stereocenters. The van der Waals surface area contributed by atoms with Gasteiger partial charge in [-0.3, -0.25) is 0 Å². The first-order valence-corrected chi connectivity index (χ1v) is 12.4. The third kappa shape index (κ3) is 9.06. The van der Waals surface area contributed by atoms with Crippen LogP contribution in [0.15, 0.2) is 58.4 Å². The predicted octanol–water partition coefficient (Wildman–Crippen LogP) is 3.99. The Balaban J connectivity index is 0.00000480. The lowest BCUT2D eigenvalue weighted by Gasteiger charge is -2.23. The van der Waals surface area contributed by atoms with Crippen molar-refractivity contribution >= 4 is 45.5 Å². The maximum absolute atomic E-state index is 11.8. The molecule has 0 aliphatic carbocycles. The third-order valence-corrected chi connectivity index (χ3v) is 6.06. The molecule has 8 heteroatoms. The molecule has 0 aliphatic rings. The van der Waals surface area contributed by atoms with Gasteiger partial charge in [0.2, 0.25) is 0 Å². The summed E-state index contributed by atoms with van der Waals surface area (Å²) in [5.74, 6) is 0.769. The van der Waals surface area contributed by atoms with Crippen molar-refractivity contribution in [1.29, 1.82) is 0 Å². The normalized spacial score (nSPS) is 11.5. The molecule has 2 aromatic rings. The summed E-state index contributed by atoms with van der Waals surface area (Å²) in [4.78, 5) is 7.38. The standard InChI is InChI=1S/C23H34N4O2S.HI/c1-5-24-23(25-15-10-16-27(6-2)21-11-8-7-9-12-21)26-18-20-13-14-22(19(3)17-20)30(4,28)29;/h7-9,11-14,17H,5-6,10,15-16,18H2,1-4H3,(H2,24,25,26);1H. The first-order chi connectivity index (χ1) is 14.3. The van der Waals surface area contributed by atoms with Crippen molar-refractivity contribution in [3.05, 3.63) is 59.7 Å². The van der Waals surface area contributed by atoms with Crippen LogP contribution in [0.4, 0.5) is 5.69 Å². The average Bonchev–Trinajstić information content (AvgIpc) is 2.71. The number of nitrogens with one attached hydrogen (secondary N) is 2. The van der Waals surface area contributed by atoms with Crippen LogP contribution in [0.5, 0.6) is 0 Å². The van der Waals surface area contributed by atoms with Crippen LogP contribution in [0.25, 0.3) is 0 Å². The van der Waals surface area contributed by atoms with Crippen LogP contribution in [0.1, 0.15) is 31.4 Å². The number of hydrogen-bond donors (Lipinski definition) is 2. The van der Waals surface area contributed by atoms with Crippen LogP contribution >= 0.6 is 24.0 Å². The van der Waals surface area contributed by atoms with Crippen LogP contribution in [0, 0.1) is 6.92 Å². The number of benzene rings is 2. The fraction of sp³-hybridized carbons (Fsp3) is 0.435. The van der Waals surface area contributed by atoms with E-state index in [4.69, 9.17) is 0 Å². The molecule has 2 N–H and O–H groups in total. The highest BCUT2D eigenvalue weighted by Gasteiger charge is 2.10. The lowest BCUT2D eigenvalue weighted by atomic mass is 10.1. The summed E-state index contributed by atoms with van der Waals surface area (Å²) in [6.07, 6.45) is 2.23. The van der Waals surface area contributed by atoms with Gasteiger partial charge in [-0.2, -0.15) is 0 Å². The largest absolute Gasteiger partial charge is 0.372 e. The van der Waals surface area contributed by atoms with Gasteiger partial charge in [-0.05, 0) is 56.5 Å². The van der Waals surface area contributed by atoms with E-state index in [-0.39, 0.29) is 24.0 Å². The van der Waals surface area contributed by atoms with Crippen molar-refractivity contribution in [3.8, 4) is 0 Å². The number of sulfone groups is 1. The van der Waals surface area contributed by atoms with Gasteiger partial charge in [0.25, 0.3) is 0 Å². The van der Waals surface area contributed by atoms with Crippen LogP contribution in [-0.2, 0) is 16.4 Å². The van der Waals surface area contributed by atoms with Gasteiger partial charge >= 0.3 is 0 Å². The molecule has 0 aliphatic heterocycles. The minimum Gasteiger partial charge on any atom is -0.372 e. The highest BCUT2D eigenvalue weighted by Crippen LogP contribution is 2.17. The van der Waals surface area contributed by atoms with Crippen molar-refractivity contribution in [2.75, 3.05) is 37.3 Å². The van der Waals surface area contributed by atoms with Crippen molar-refractivity contribution in [2.24, 2.45) is 4.99 Å². The minimum absolute atomic E-state index is 0. The Bertz CT molecular complexity index is 934. The summed E-state index contributed by atoms with van der Waals surface area (Å²) >= 11 is 0. The molecule has 172 valence electrons. The molecule has 31 heavy (non-hydrogen) atoms. The quantitative estimate of drug-likeness (QED) is 0.200. The van der Waals surface area contributed by atoms with E-state index in [1.807, 2.05) is 32.0 Å². The molecule has 0 fully saturated rings. The van der Waals surface area contributed by atoms with Crippen molar-refractivity contribution in [3.63, 3.8) is 0 Å². The molecule has 0 aromatic heterocycles. The van der Waals surface area contributed by atoms with E-state index in [0.29, 0.717) is 11.4 Å². The molecule has 0 unspecified atom stereocenters. The number of nitrogens with zero attached hydrogens (tertiary/aromatic N) is 2. The lowest BCUT2D eigenvalue weighted by Crippen LogP contribution is -2.38. The maximum Gasteiger partial charge on any atom is 0.191 e. The maximum atomic E-state index is 11.8. The van der Waals surface area contributed by atoms with Crippen LogP contribution in [0.3, 0.4) is 0 Å². The number of anilines is 1. The molecule has 0 saturated heterocycles. The Hall–Kier alpha value is -1.81. The summed E-state index contributed by atoms with van der Waals surface area (Å²) in [5, 5.41) is 6.65. The van der Waals surface area contributed by atoms with Gasteiger partial charge in [-0.1, -0.05) is 30.3 Å². The Morgan fingerprint density at radius 1 is 1.06 bits per heavy atom. The molecule has 0 spiro atoms. The van der Waals surface area contributed by atoms with E-state index in [1.165, 1.54) is 11.9 Å². The highest BCUT2D eigenvalue weighted by molar-refractivity contribution is 14.0. The van der Waals surface area contributed by atoms with Crippen molar-refractivity contribution < 1.29 is 8.42 Å². The number of halogens is 1. The zero-order chi connectivity index (χ0) is 22.0. The second-order valence-electron chi connectivity index (χ2n) is 7.26. The summed E-state index contributed by atoms with van der Waals surface area (Å²) < 4.78 is 23.5. The van der Waals surface area contributed by atoms with Gasteiger partial charge < -0.3 is 15.5 Å². The van der Waals surface area contributed by atoms with E-state index in [0.717, 1.165) is 49.7 Å². The number of hydrogen-bond acceptors (Lipinski definition) is 4. The van der Waals surface area contributed by atoms with E-state index in [9.17, 15) is 8.42 Å². The summed E-state index contributed by atoms with van der Waals surface area (Å²) in [6, 6.07) is 15.8. The van der Waals surface area contributed by atoms with Gasteiger partial charge in [0, 0.05) is 38.1 Å². The summed E-state index contributed by atoms with van der Waals surface area (Å²) in [5.41, 5.74) is 2.98. The van der Waals surface area contributed by atoms with Crippen LogP contribution in [-0.4, -0.2) is 46.8 Å². The molecule has 2 aromatic carbocycles. The molecule has 0 saturated carbocycles. The number of rotatable bonds is 10. The van der Waals surface area contributed by atoms with E-state index < -0.39 is 9.84 Å². The van der Waals surface area contributed by atoms with Crippen LogP contribution < -0.4 is 15.5 Å². The van der Waals surface area contributed by atoms with Gasteiger partial charge in [0.15, 0.2) is 15.8 Å². The second kappa shape index (κ2) is 13.6. The molecular weight excluding hydrogens is 523 g/mol. The smallest absolute Gasteiger partial charge is 0.191 e. The van der Waals surface area contributed by atoms with E-state index in [1.54, 1.807) is 6.07 Å². The Morgan fingerprint density at radius 3 is 2.35 bits per heavy atom. The summed E-state index contributed by atoms with van der Waals surface area (Å²) in [6.45, 7) is 10.1. The average molecular weight is 559 g/mol. The van der Waals surface area contributed by atoms with Crippen molar-refractivity contribution in [1.82, 2.24) is 10.6 Å². The van der Waals surface area contributed by atoms with E-state index in [2.05, 4.69) is 51.7 Å². The first-order valence-electron chi connectivity index (χ1n) is 10.5. The zero-order valence-electron chi connectivity index (χ0n) is 18.9. The third-order valence-electron chi connectivity index (χ3n) is 4.80. The molecule has 0 heterocycles. The molecule has 2 rings (SSSR count). The fourth-order valence-electron chi connectivity index (χ4n) is 3.32. The molecule has 0 amide bonds. The summed E-state index contributed by atoms with van der Waals surface area (Å²) in [7, 11) is -3.20. The lowest BCUT2D eigenvalue weighted by molar-refractivity contribution is 0.601. The van der Waals surface area contributed by atoms with Gasteiger partial charge in [0.1, 0.15) is 0 Å². The molecule has 0 bridgehead atoms. The topological polar surface area (TPSA) is 73.8 Å². The molecular formula is C23H35IN4O2S. The first kappa shape index (κ1) is 27.2. The Labute approximate surface area is 204 Å². The van der Waals surface area contributed by atoms with Gasteiger partial charge in [0.05, 0.1) is 11.4 Å². The Morgan fingerprint density at radius 2 is 1.77 bits per heavy atom. The monoisotopic (exact) mass is 558 g/mol. The Kier molecular flexibility index (Phi) is 11.9. The predicted molar refractivity (Wildman–Crippen MR) is 141 cm³/mol. The molecule has 0 radical (unpaired) electrons. The number of aliphatic imine (C=N–C) groups is 1.